The van der Waals surface area contributed by atoms with Gasteiger partial charge in [-0.25, -0.2) is 0 Å². The van der Waals surface area contributed by atoms with Crippen LogP contribution in [0.5, 0.6) is 5.75 Å². The predicted octanol–water partition coefficient (Wildman–Crippen LogP) is 1.91. The van der Waals surface area contributed by atoms with E-state index in [1.54, 1.807) is 18.2 Å². The molecule has 0 aliphatic carbocycles. The normalized spacial score (nSPS) is 18.1. The van der Waals surface area contributed by atoms with Crippen LogP contribution in [-0.2, 0) is 0 Å². The fourth-order valence-electron chi connectivity index (χ4n) is 3.94. The first-order chi connectivity index (χ1) is 12.9. The molecule has 27 heavy (non-hydrogen) atoms. The third-order valence-corrected chi connectivity index (χ3v) is 5.58. The molecule has 0 amide bonds. The Bertz CT molecular complexity index is 893. The molecule has 0 bridgehead atoms. The van der Waals surface area contributed by atoms with Crippen LogP contribution in [0.1, 0.15) is 11.1 Å². The Morgan fingerprint density at radius 3 is 2.52 bits per heavy atom. The Kier molecular flexibility index (Phi) is 4.15. The van der Waals surface area contributed by atoms with E-state index in [0.717, 1.165) is 43.1 Å². The summed E-state index contributed by atoms with van der Waals surface area (Å²) < 4.78 is 0. The van der Waals surface area contributed by atoms with Crippen molar-refractivity contribution in [1.82, 2.24) is 5.32 Å². The minimum Gasteiger partial charge on any atom is -0.507 e. The number of nitrogen functional groups attached to an aromatic ring is 1. The number of rotatable bonds is 4. The van der Waals surface area contributed by atoms with Crippen LogP contribution >= 0.6 is 0 Å². The Labute approximate surface area is 160 Å². The van der Waals surface area contributed by atoms with Gasteiger partial charge in [0.25, 0.3) is 0 Å². The highest BCUT2D eigenvalue weighted by Gasteiger charge is 2.48. The lowest BCUT2D eigenvalue weighted by Gasteiger charge is -2.57. The van der Waals surface area contributed by atoms with Crippen molar-refractivity contribution < 1.29 is 5.11 Å². The van der Waals surface area contributed by atoms with Crippen LogP contribution in [0.15, 0.2) is 36.4 Å². The van der Waals surface area contributed by atoms with Crippen LogP contribution < -0.4 is 26.6 Å². The van der Waals surface area contributed by atoms with Crippen molar-refractivity contribution in [3.05, 3.63) is 47.5 Å². The lowest BCUT2D eigenvalue weighted by molar-refractivity contribution is 0.121. The summed E-state index contributed by atoms with van der Waals surface area (Å²) in [5, 5.41) is 13.4. The molecule has 2 aliphatic rings. The summed E-state index contributed by atoms with van der Waals surface area (Å²) >= 11 is 0. The van der Waals surface area contributed by atoms with Crippen molar-refractivity contribution in [2.24, 2.45) is 11.1 Å². The van der Waals surface area contributed by atoms with Crippen LogP contribution in [0.2, 0.25) is 0 Å². The van der Waals surface area contributed by atoms with E-state index in [2.05, 4.69) is 21.2 Å². The number of phenols is 1. The van der Waals surface area contributed by atoms with E-state index >= 15 is 0 Å². The third kappa shape index (κ3) is 3.06. The van der Waals surface area contributed by atoms with Crippen molar-refractivity contribution in [3.63, 3.8) is 0 Å². The van der Waals surface area contributed by atoms with Gasteiger partial charge in [-0.1, -0.05) is 12.1 Å². The minimum absolute atomic E-state index is 0.161. The fourth-order valence-corrected chi connectivity index (χ4v) is 3.94. The average molecular weight is 365 g/mol. The van der Waals surface area contributed by atoms with Gasteiger partial charge in [-0.15, -0.1) is 0 Å². The van der Waals surface area contributed by atoms with Gasteiger partial charge in [0, 0.05) is 68.2 Å². The summed E-state index contributed by atoms with van der Waals surface area (Å²) in [6.45, 7) is 4.34. The number of aromatic hydroxyl groups is 1. The maximum Gasteiger partial charge on any atom is 0.124 e. The summed E-state index contributed by atoms with van der Waals surface area (Å²) in [6.07, 6.45) is 1.83. The van der Waals surface area contributed by atoms with Crippen LogP contribution in [0.3, 0.4) is 0 Å². The molecular formula is C21H27N5O. The molecule has 6 heteroatoms. The molecule has 2 aromatic rings. The molecule has 2 aliphatic heterocycles. The summed E-state index contributed by atoms with van der Waals surface area (Å²) in [5.41, 5.74) is 17.9. The maximum atomic E-state index is 10.0. The van der Waals surface area contributed by atoms with E-state index < -0.39 is 0 Å². The molecule has 2 heterocycles. The fraction of sp³-hybridized carbons (Fsp3) is 0.333. The monoisotopic (exact) mass is 365 g/mol. The SMILES string of the molecule is CN(C)c1cc(/C=C(\N)c2ccccc2O)c(N)cc1N1CC2(CNC2)C1. The maximum absolute atomic E-state index is 10.0. The zero-order valence-corrected chi connectivity index (χ0v) is 15.9. The number of para-hydroxylation sites is 1. The molecule has 6 N–H and O–H groups in total. The first-order valence-electron chi connectivity index (χ1n) is 9.21. The van der Waals surface area contributed by atoms with Gasteiger partial charge in [-0.2, -0.15) is 0 Å². The van der Waals surface area contributed by atoms with Crippen molar-refractivity contribution in [2.45, 2.75) is 0 Å². The van der Waals surface area contributed by atoms with Crippen LogP contribution in [0.25, 0.3) is 11.8 Å². The van der Waals surface area contributed by atoms with Crippen LogP contribution in [-0.4, -0.2) is 45.4 Å². The number of nitrogens with zero attached hydrogens (tertiary/aromatic N) is 2. The van der Waals surface area contributed by atoms with E-state index in [0.29, 0.717) is 22.4 Å². The van der Waals surface area contributed by atoms with Crippen molar-refractivity contribution in [2.75, 3.05) is 55.8 Å². The zero-order valence-electron chi connectivity index (χ0n) is 15.9. The molecular weight excluding hydrogens is 338 g/mol. The highest BCUT2D eigenvalue weighted by molar-refractivity contribution is 5.89. The highest BCUT2D eigenvalue weighted by atomic mass is 16.3. The Hall–Kier alpha value is -2.86. The van der Waals surface area contributed by atoms with Crippen LogP contribution in [0.4, 0.5) is 17.1 Å². The van der Waals surface area contributed by atoms with E-state index in [4.69, 9.17) is 11.5 Å². The quantitative estimate of drug-likeness (QED) is 0.489. The van der Waals surface area contributed by atoms with Gasteiger partial charge in [-0.05, 0) is 30.3 Å². The van der Waals surface area contributed by atoms with Gasteiger partial charge in [0.15, 0.2) is 0 Å². The molecule has 6 nitrogen and oxygen atoms in total. The first-order valence-corrected chi connectivity index (χ1v) is 9.21. The Balaban J connectivity index is 1.67. The third-order valence-electron chi connectivity index (χ3n) is 5.58. The van der Waals surface area contributed by atoms with Gasteiger partial charge in [0.05, 0.1) is 11.4 Å². The van der Waals surface area contributed by atoms with Crippen molar-refractivity contribution in [1.29, 1.82) is 0 Å². The molecule has 2 saturated heterocycles. The molecule has 0 saturated carbocycles. The van der Waals surface area contributed by atoms with Crippen molar-refractivity contribution >= 4 is 28.8 Å². The number of benzene rings is 2. The summed E-state index contributed by atoms with van der Waals surface area (Å²) in [5.74, 6) is 0.161. The molecule has 2 fully saturated rings. The first kappa shape index (κ1) is 17.5. The molecule has 0 radical (unpaired) electrons. The van der Waals surface area contributed by atoms with Gasteiger partial charge in [-0.3, -0.25) is 0 Å². The number of phenolic OH excluding ortho intramolecular Hbond substituents is 1. The molecule has 0 unspecified atom stereocenters. The van der Waals surface area contributed by atoms with E-state index in [9.17, 15) is 5.11 Å². The molecule has 1 spiro atoms. The number of nitrogens with two attached hydrogens (primary N) is 2. The molecule has 2 aromatic carbocycles. The summed E-state index contributed by atoms with van der Waals surface area (Å²) in [7, 11) is 4.07. The molecule has 4 rings (SSSR count). The Morgan fingerprint density at radius 2 is 1.93 bits per heavy atom. The predicted molar refractivity (Wildman–Crippen MR) is 113 cm³/mol. The highest BCUT2D eigenvalue weighted by Crippen LogP contribution is 2.43. The topological polar surface area (TPSA) is 90.8 Å². The molecule has 142 valence electrons. The minimum atomic E-state index is 0.161. The van der Waals surface area contributed by atoms with Crippen LogP contribution in [0, 0.1) is 5.41 Å². The van der Waals surface area contributed by atoms with Crippen molar-refractivity contribution in [3.8, 4) is 5.75 Å². The second kappa shape index (κ2) is 6.39. The molecule has 0 aromatic heterocycles. The smallest absolute Gasteiger partial charge is 0.124 e. The number of hydrogen-bond donors (Lipinski definition) is 4. The lowest BCUT2D eigenvalue weighted by Crippen LogP contribution is -2.71. The van der Waals surface area contributed by atoms with E-state index in [-0.39, 0.29) is 5.75 Å². The van der Waals surface area contributed by atoms with Gasteiger partial charge < -0.3 is 31.7 Å². The lowest BCUT2D eigenvalue weighted by atomic mass is 9.74. The molecule has 0 atom stereocenters. The zero-order chi connectivity index (χ0) is 19.2. The standard InChI is InChI=1S/C21H27N5O/c1-25(2)18-8-14(7-17(23)15-5-3-4-6-20(15)27)16(22)9-19(18)26-12-21(13-26)10-24-11-21/h3-9,24,27H,10-13,22-23H2,1-2H3/b17-7-. The summed E-state index contributed by atoms with van der Waals surface area (Å²) in [4.78, 5) is 4.50. The van der Waals surface area contributed by atoms with Gasteiger partial charge in [0.1, 0.15) is 5.75 Å². The number of anilines is 3. The second-order valence-corrected chi connectivity index (χ2v) is 7.94. The number of nitrogens with one attached hydrogen (secondary N) is 1. The largest absolute Gasteiger partial charge is 0.507 e. The van der Waals surface area contributed by atoms with E-state index in [1.165, 1.54) is 0 Å². The van der Waals surface area contributed by atoms with Gasteiger partial charge in [0.2, 0.25) is 0 Å². The summed E-state index contributed by atoms with van der Waals surface area (Å²) in [6, 6.07) is 11.2. The van der Waals surface area contributed by atoms with Gasteiger partial charge >= 0.3 is 0 Å². The van der Waals surface area contributed by atoms with E-state index in [1.807, 2.05) is 32.3 Å². The number of hydrogen-bond acceptors (Lipinski definition) is 6. The average Bonchev–Trinajstić information content (AvgIpc) is 2.54. The Morgan fingerprint density at radius 1 is 1.22 bits per heavy atom. The second-order valence-electron chi connectivity index (χ2n) is 7.94.